The summed E-state index contributed by atoms with van der Waals surface area (Å²) in [7, 11) is 3.55. The van der Waals surface area contributed by atoms with Crippen molar-refractivity contribution in [2.75, 3.05) is 14.1 Å². The molecule has 1 aliphatic rings. The largest absolute Gasteiger partial charge is 0.481 e. The first-order valence-electron chi connectivity index (χ1n) is 3.59. The first-order chi connectivity index (χ1) is 5.63. The highest BCUT2D eigenvalue weighted by atomic mass is 16.4. The molecule has 0 aliphatic carbocycles. The number of carboxylic acid groups (broad SMARTS) is 1. The van der Waals surface area contributed by atoms with Crippen LogP contribution < -0.4 is 0 Å². The highest BCUT2D eigenvalue weighted by molar-refractivity contribution is 5.73. The van der Waals surface area contributed by atoms with Gasteiger partial charge in [0.05, 0.1) is 0 Å². The van der Waals surface area contributed by atoms with E-state index in [-0.39, 0.29) is 6.17 Å². The Balaban J connectivity index is 2.77. The van der Waals surface area contributed by atoms with Crippen molar-refractivity contribution in [3.8, 4) is 0 Å². The summed E-state index contributed by atoms with van der Waals surface area (Å²) in [4.78, 5) is 12.4. The highest BCUT2D eigenvalue weighted by Crippen LogP contribution is 2.16. The molecule has 1 N–H and O–H groups in total. The average molecular weight is 169 g/mol. The summed E-state index contributed by atoms with van der Waals surface area (Å²) in [6.45, 7) is 0. The van der Waals surface area contributed by atoms with Crippen LogP contribution in [0.1, 0.15) is 0 Å². The Hall–Kier alpha value is -1.23. The van der Waals surface area contributed by atoms with Crippen LogP contribution in [0.3, 0.4) is 0 Å². The Kier molecular flexibility index (Phi) is 2.54. The van der Waals surface area contributed by atoms with E-state index < -0.39 is 11.9 Å². The lowest BCUT2D eigenvalue weighted by atomic mass is 10.1. The molecule has 2 unspecified atom stereocenters. The molecular formula is C7H11N3O2. The van der Waals surface area contributed by atoms with Gasteiger partial charge in [-0.05, 0) is 20.2 Å². The molecule has 0 amide bonds. The van der Waals surface area contributed by atoms with Crippen LogP contribution in [0.25, 0.3) is 0 Å². The molecule has 66 valence electrons. The van der Waals surface area contributed by atoms with Gasteiger partial charge >= 0.3 is 5.97 Å². The molecule has 0 spiro atoms. The van der Waals surface area contributed by atoms with Crippen LogP contribution in [0.15, 0.2) is 22.5 Å². The zero-order valence-electron chi connectivity index (χ0n) is 7.01. The van der Waals surface area contributed by atoms with E-state index in [9.17, 15) is 4.79 Å². The van der Waals surface area contributed by atoms with Crippen LogP contribution in [0.2, 0.25) is 0 Å². The maximum atomic E-state index is 10.7. The van der Waals surface area contributed by atoms with Gasteiger partial charge in [-0.2, -0.15) is 10.2 Å². The van der Waals surface area contributed by atoms with E-state index in [0.717, 1.165) is 0 Å². The minimum Gasteiger partial charge on any atom is -0.481 e. The quantitative estimate of drug-likeness (QED) is 0.656. The molecule has 0 aromatic rings. The van der Waals surface area contributed by atoms with Crippen molar-refractivity contribution < 1.29 is 9.90 Å². The summed E-state index contributed by atoms with van der Waals surface area (Å²) in [5, 5.41) is 16.2. The molecule has 0 saturated carbocycles. The maximum Gasteiger partial charge on any atom is 0.314 e. The van der Waals surface area contributed by atoms with E-state index in [1.165, 1.54) is 6.20 Å². The number of rotatable bonds is 2. The number of aliphatic carboxylic acids is 1. The molecule has 0 bridgehead atoms. The minimum atomic E-state index is -0.872. The lowest BCUT2D eigenvalue weighted by Gasteiger charge is -2.24. The van der Waals surface area contributed by atoms with E-state index in [4.69, 9.17) is 5.11 Å². The van der Waals surface area contributed by atoms with Gasteiger partial charge in [0.2, 0.25) is 0 Å². The number of nitrogens with zero attached hydrogens (tertiary/aromatic N) is 3. The van der Waals surface area contributed by atoms with Crippen LogP contribution in [-0.2, 0) is 4.79 Å². The summed E-state index contributed by atoms with van der Waals surface area (Å²) in [6, 6.07) is 0. The van der Waals surface area contributed by atoms with Gasteiger partial charge in [0.15, 0.2) is 0 Å². The van der Waals surface area contributed by atoms with Crippen molar-refractivity contribution in [3.63, 3.8) is 0 Å². The monoisotopic (exact) mass is 169 g/mol. The molecule has 0 aromatic carbocycles. The van der Waals surface area contributed by atoms with Crippen LogP contribution >= 0.6 is 0 Å². The zero-order valence-corrected chi connectivity index (χ0v) is 7.01. The van der Waals surface area contributed by atoms with Crippen LogP contribution in [0.4, 0.5) is 0 Å². The van der Waals surface area contributed by atoms with E-state index in [1.54, 1.807) is 25.1 Å². The second kappa shape index (κ2) is 3.44. The van der Waals surface area contributed by atoms with Gasteiger partial charge in [0, 0.05) is 6.20 Å². The highest BCUT2D eigenvalue weighted by Gasteiger charge is 2.28. The maximum absolute atomic E-state index is 10.7. The van der Waals surface area contributed by atoms with Gasteiger partial charge in [-0.25, -0.2) is 0 Å². The van der Waals surface area contributed by atoms with Crippen LogP contribution in [0, 0.1) is 5.92 Å². The van der Waals surface area contributed by atoms with Crippen LogP contribution in [-0.4, -0.2) is 36.2 Å². The van der Waals surface area contributed by atoms with Crippen molar-refractivity contribution in [1.82, 2.24) is 4.90 Å². The second-order valence-electron chi connectivity index (χ2n) is 2.81. The van der Waals surface area contributed by atoms with E-state index in [2.05, 4.69) is 10.2 Å². The first-order valence-corrected chi connectivity index (χ1v) is 3.59. The minimum absolute atomic E-state index is 0.382. The van der Waals surface area contributed by atoms with Gasteiger partial charge in [0.1, 0.15) is 12.1 Å². The molecule has 0 fully saturated rings. The molecule has 0 radical (unpaired) electrons. The molecule has 12 heavy (non-hydrogen) atoms. The van der Waals surface area contributed by atoms with E-state index >= 15 is 0 Å². The number of azo groups is 1. The van der Waals surface area contributed by atoms with Gasteiger partial charge in [-0.15, -0.1) is 0 Å². The Morgan fingerprint density at radius 2 is 2.25 bits per heavy atom. The molecule has 0 aromatic heterocycles. The van der Waals surface area contributed by atoms with Crippen LogP contribution in [0.5, 0.6) is 0 Å². The molecule has 5 heteroatoms. The third-order valence-electron chi connectivity index (χ3n) is 1.68. The number of hydrogen-bond donors (Lipinski definition) is 1. The average Bonchev–Trinajstić information content (AvgIpc) is 2.04. The lowest BCUT2D eigenvalue weighted by Crippen LogP contribution is -2.37. The lowest BCUT2D eigenvalue weighted by molar-refractivity contribution is -0.142. The molecule has 1 rings (SSSR count). The van der Waals surface area contributed by atoms with Crippen molar-refractivity contribution in [1.29, 1.82) is 0 Å². The van der Waals surface area contributed by atoms with Crippen molar-refractivity contribution in [2.45, 2.75) is 6.17 Å². The predicted molar refractivity (Wildman–Crippen MR) is 42.6 cm³/mol. The van der Waals surface area contributed by atoms with Gasteiger partial charge < -0.3 is 5.11 Å². The molecule has 2 atom stereocenters. The molecule has 1 heterocycles. The summed E-state index contributed by atoms with van der Waals surface area (Å²) in [5.41, 5.74) is 0. The fourth-order valence-corrected chi connectivity index (χ4v) is 1.04. The van der Waals surface area contributed by atoms with Crippen molar-refractivity contribution >= 4 is 5.97 Å². The van der Waals surface area contributed by atoms with Crippen molar-refractivity contribution in [3.05, 3.63) is 12.3 Å². The molecule has 0 saturated heterocycles. The van der Waals surface area contributed by atoms with E-state index in [1.807, 2.05) is 0 Å². The van der Waals surface area contributed by atoms with Gasteiger partial charge in [-0.1, -0.05) is 0 Å². The summed E-state index contributed by atoms with van der Waals surface area (Å²) < 4.78 is 0. The standard InChI is InChI=1S/C7H11N3O2/c1-10(2)6-5(7(11)12)3-4-8-9-6/h3-6H,1-2H3,(H,11,12). The number of hydrogen-bond acceptors (Lipinski definition) is 4. The van der Waals surface area contributed by atoms with Gasteiger partial charge in [-0.3, -0.25) is 9.69 Å². The summed E-state index contributed by atoms with van der Waals surface area (Å²) in [6.07, 6.45) is 2.58. The second-order valence-corrected chi connectivity index (χ2v) is 2.81. The molecule has 5 nitrogen and oxygen atoms in total. The first kappa shape index (κ1) is 8.86. The Morgan fingerprint density at radius 1 is 1.58 bits per heavy atom. The van der Waals surface area contributed by atoms with Crippen molar-refractivity contribution in [2.24, 2.45) is 16.1 Å². The topological polar surface area (TPSA) is 65.3 Å². The smallest absolute Gasteiger partial charge is 0.314 e. The Labute approximate surface area is 70.4 Å². The fraction of sp³-hybridized carbons (Fsp3) is 0.571. The predicted octanol–water partition coefficient (Wildman–Crippen LogP) is 0.554. The fourth-order valence-electron chi connectivity index (χ4n) is 1.04. The SMILES string of the molecule is CN(C)C1N=NC=CC1C(=O)O. The van der Waals surface area contributed by atoms with Gasteiger partial charge in [0.25, 0.3) is 0 Å². The summed E-state index contributed by atoms with van der Waals surface area (Å²) in [5.74, 6) is -1.46. The Bertz CT molecular complexity index is 235. The third kappa shape index (κ3) is 1.68. The third-order valence-corrected chi connectivity index (χ3v) is 1.68. The molecule has 1 aliphatic heterocycles. The molecular weight excluding hydrogens is 158 g/mol. The normalized spacial score (nSPS) is 27.9. The van der Waals surface area contributed by atoms with E-state index in [0.29, 0.717) is 0 Å². The number of carboxylic acids is 1. The summed E-state index contributed by atoms with van der Waals surface area (Å²) >= 11 is 0. The zero-order chi connectivity index (χ0) is 9.14. The Morgan fingerprint density at radius 3 is 2.67 bits per heavy atom. The number of carbonyl (C=O) groups is 1.